The van der Waals surface area contributed by atoms with Gasteiger partial charge in [0.15, 0.2) is 0 Å². The molecule has 0 unspecified atom stereocenters. The van der Waals surface area contributed by atoms with Crippen molar-refractivity contribution in [2.45, 2.75) is 32.7 Å². The minimum Gasteiger partial charge on any atom is -0.399 e. The molecule has 0 spiro atoms. The minimum atomic E-state index is 0.261. The molecule has 28 heavy (non-hydrogen) atoms. The summed E-state index contributed by atoms with van der Waals surface area (Å²) >= 11 is 0. The number of anilines is 2. The number of hydrogen-bond acceptors (Lipinski definition) is 6. The lowest BCUT2D eigenvalue weighted by molar-refractivity contribution is 0.495. The van der Waals surface area contributed by atoms with Gasteiger partial charge >= 0.3 is 0 Å². The van der Waals surface area contributed by atoms with Gasteiger partial charge in [-0.1, -0.05) is 12.1 Å². The molecule has 1 saturated heterocycles. The molecule has 0 bridgehead atoms. The summed E-state index contributed by atoms with van der Waals surface area (Å²) in [4.78, 5) is 19.8. The lowest BCUT2D eigenvalue weighted by atomic mass is 10.0. The van der Waals surface area contributed by atoms with Crippen LogP contribution in [0.1, 0.15) is 32.3 Å². The summed E-state index contributed by atoms with van der Waals surface area (Å²) in [5.41, 5.74) is 16.3. The van der Waals surface area contributed by atoms with Crippen LogP contribution in [0, 0.1) is 0 Å². The molecule has 1 aliphatic heterocycles. The van der Waals surface area contributed by atoms with Gasteiger partial charge < -0.3 is 16.4 Å². The van der Waals surface area contributed by atoms with Crippen LogP contribution in [0.25, 0.3) is 16.8 Å². The number of nitrogen functional groups attached to an aromatic ring is 1. The maximum absolute atomic E-state index is 6.03. The van der Waals surface area contributed by atoms with Crippen LogP contribution < -0.4 is 16.4 Å². The number of benzene rings is 1. The third-order valence-corrected chi connectivity index (χ3v) is 4.88. The van der Waals surface area contributed by atoms with Gasteiger partial charge in [0.2, 0.25) is 5.95 Å². The van der Waals surface area contributed by atoms with E-state index >= 15 is 0 Å². The Morgan fingerprint density at radius 2 is 1.89 bits per heavy atom. The number of nitrogens with zero attached hydrogens (tertiary/aromatic N) is 5. The molecule has 7 heteroatoms. The fourth-order valence-corrected chi connectivity index (χ4v) is 3.07. The van der Waals surface area contributed by atoms with E-state index in [0.29, 0.717) is 11.5 Å². The second-order valence-corrected chi connectivity index (χ2v) is 7.03. The molecule has 0 atom stereocenters. The number of amidine groups is 1. The molecule has 0 radical (unpaired) electrons. The molecular formula is C21H27N7. The molecule has 146 valence electrons. The van der Waals surface area contributed by atoms with Crippen molar-refractivity contribution in [2.75, 3.05) is 23.7 Å². The number of allylic oxidation sites excluding steroid dienone is 1. The van der Waals surface area contributed by atoms with E-state index in [2.05, 4.69) is 26.6 Å². The van der Waals surface area contributed by atoms with E-state index < -0.39 is 0 Å². The van der Waals surface area contributed by atoms with Crippen LogP contribution in [0.2, 0.25) is 0 Å². The maximum atomic E-state index is 6.03. The van der Waals surface area contributed by atoms with E-state index in [1.165, 1.54) is 0 Å². The van der Waals surface area contributed by atoms with Crippen LogP contribution in [0.4, 0.5) is 11.6 Å². The summed E-state index contributed by atoms with van der Waals surface area (Å²) in [6, 6.07) is 7.97. The highest BCUT2D eigenvalue weighted by Gasteiger charge is 2.20. The molecule has 1 aromatic carbocycles. The zero-order valence-electron chi connectivity index (χ0n) is 16.5. The normalized spacial score (nSPS) is 16.3. The predicted molar refractivity (Wildman–Crippen MR) is 118 cm³/mol. The molecule has 1 aliphatic rings. The summed E-state index contributed by atoms with van der Waals surface area (Å²) in [6.45, 7) is 9.01. The first-order valence-electron chi connectivity index (χ1n) is 9.39. The highest BCUT2D eigenvalue weighted by atomic mass is 15.3. The topological polar surface area (TPSA) is 106 Å². The molecule has 0 aliphatic carbocycles. The number of rotatable bonds is 4. The minimum absolute atomic E-state index is 0.261. The van der Waals surface area contributed by atoms with Gasteiger partial charge in [-0.15, -0.1) is 0 Å². The number of aliphatic imine (C=N–C) groups is 2. The molecular weight excluding hydrogens is 350 g/mol. The molecule has 4 N–H and O–H groups in total. The van der Waals surface area contributed by atoms with E-state index in [-0.39, 0.29) is 6.04 Å². The molecule has 1 aromatic heterocycles. The summed E-state index contributed by atoms with van der Waals surface area (Å²) in [5, 5.41) is 0. The van der Waals surface area contributed by atoms with E-state index in [1.54, 1.807) is 13.1 Å². The molecule has 3 rings (SSSR count). The predicted octanol–water partition coefficient (Wildman–Crippen LogP) is 3.13. The Morgan fingerprint density at radius 1 is 1.21 bits per heavy atom. The summed E-state index contributed by atoms with van der Waals surface area (Å²) in [7, 11) is 0. The van der Waals surface area contributed by atoms with Gasteiger partial charge in [0, 0.05) is 48.3 Å². The first-order chi connectivity index (χ1) is 13.5. The average molecular weight is 377 g/mol. The lowest BCUT2D eigenvalue weighted by Gasteiger charge is -2.30. The van der Waals surface area contributed by atoms with Crippen molar-refractivity contribution >= 4 is 29.8 Å². The van der Waals surface area contributed by atoms with E-state index in [0.717, 1.165) is 54.3 Å². The summed E-state index contributed by atoms with van der Waals surface area (Å²) in [6.07, 6.45) is 5.53. The Kier molecular flexibility index (Phi) is 6.16. The first-order valence-corrected chi connectivity index (χ1v) is 9.39. The third kappa shape index (κ3) is 4.61. The standard InChI is InChI=1S/C21H27N7/c1-14(12-25-15(2)24-3)19-13-26-21(28-10-8-18(23)9-11-28)27-20(19)16-4-6-17(22)7-5-16/h4-7,12-13,18H,3,8-11,22-23H2,1-2H3/b14-12+,25-15-. The Labute approximate surface area is 165 Å². The van der Waals surface area contributed by atoms with Gasteiger partial charge in [0.05, 0.1) is 5.69 Å². The van der Waals surface area contributed by atoms with Gasteiger partial charge in [0.1, 0.15) is 5.84 Å². The van der Waals surface area contributed by atoms with Crippen LogP contribution in [0.15, 0.2) is 46.6 Å². The van der Waals surface area contributed by atoms with Gasteiger partial charge in [-0.3, -0.25) is 0 Å². The van der Waals surface area contributed by atoms with E-state index in [4.69, 9.17) is 16.5 Å². The maximum Gasteiger partial charge on any atom is 0.225 e. The average Bonchev–Trinajstić information content (AvgIpc) is 2.72. The monoisotopic (exact) mass is 377 g/mol. The largest absolute Gasteiger partial charge is 0.399 e. The van der Waals surface area contributed by atoms with Crippen LogP contribution >= 0.6 is 0 Å². The molecule has 1 fully saturated rings. The SMILES string of the molecule is C=N/C(C)=N\C=C(/C)c1cnc(N2CCC(N)CC2)nc1-c1ccc(N)cc1. The lowest BCUT2D eigenvalue weighted by Crippen LogP contribution is -2.40. The Morgan fingerprint density at radius 3 is 2.54 bits per heavy atom. The second-order valence-electron chi connectivity index (χ2n) is 7.03. The smallest absolute Gasteiger partial charge is 0.225 e. The molecule has 0 saturated carbocycles. The third-order valence-electron chi connectivity index (χ3n) is 4.88. The molecule has 2 heterocycles. The Hall–Kier alpha value is -3.06. The number of aromatic nitrogens is 2. The van der Waals surface area contributed by atoms with Gasteiger partial charge in [-0.25, -0.2) is 20.0 Å². The fraction of sp³-hybridized carbons (Fsp3) is 0.333. The van der Waals surface area contributed by atoms with Gasteiger partial charge in [0.25, 0.3) is 0 Å². The van der Waals surface area contributed by atoms with Crippen molar-refractivity contribution in [3.63, 3.8) is 0 Å². The van der Waals surface area contributed by atoms with Crippen molar-refractivity contribution in [1.29, 1.82) is 0 Å². The zero-order valence-corrected chi connectivity index (χ0v) is 16.5. The number of nitrogens with two attached hydrogens (primary N) is 2. The molecule has 0 amide bonds. The first kappa shape index (κ1) is 19.7. The van der Waals surface area contributed by atoms with Gasteiger partial charge in [-0.05, 0) is 51.1 Å². The van der Waals surface area contributed by atoms with Crippen molar-refractivity contribution in [3.05, 3.63) is 42.2 Å². The second kappa shape index (κ2) is 8.75. The molecule has 7 nitrogen and oxygen atoms in total. The zero-order chi connectivity index (χ0) is 20.1. The number of hydrogen-bond donors (Lipinski definition) is 2. The molecule has 2 aromatic rings. The van der Waals surface area contributed by atoms with E-state index in [1.807, 2.05) is 37.4 Å². The Balaban J connectivity index is 2.03. The van der Waals surface area contributed by atoms with Gasteiger partial charge in [-0.2, -0.15) is 0 Å². The summed E-state index contributed by atoms with van der Waals surface area (Å²) in [5.74, 6) is 1.33. The quantitative estimate of drug-likeness (QED) is 0.484. The van der Waals surface area contributed by atoms with Crippen molar-refractivity contribution in [1.82, 2.24) is 9.97 Å². The fourth-order valence-electron chi connectivity index (χ4n) is 3.07. The highest BCUT2D eigenvalue weighted by Crippen LogP contribution is 2.29. The summed E-state index contributed by atoms with van der Waals surface area (Å²) < 4.78 is 0. The number of piperidine rings is 1. The van der Waals surface area contributed by atoms with Crippen molar-refractivity contribution < 1.29 is 0 Å². The van der Waals surface area contributed by atoms with E-state index in [9.17, 15) is 0 Å². The van der Waals surface area contributed by atoms with Crippen molar-refractivity contribution in [3.8, 4) is 11.3 Å². The highest BCUT2D eigenvalue weighted by molar-refractivity contribution is 5.85. The van der Waals surface area contributed by atoms with Crippen LogP contribution in [0.3, 0.4) is 0 Å². The van der Waals surface area contributed by atoms with Crippen LogP contribution in [0.5, 0.6) is 0 Å². The van der Waals surface area contributed by atoms with Crippen molar-refractivity contribution in [2.24, 2.45) is 15.7 Å². The van der Waals surface area contributed by atoms with Crippen LogP contribution in [-0.2, 0) is 0 Å². The Bertz CT molecular complexity index is 891. The van der Waals surface area contributed by atoms with Crippen LogP contribution in [-0.4, -0.2) is 41.7 Å².